The van der Waals surface area contributed by atoms with Crippen LogP contribution in [0.5, 0.6) is 5.75 Å². The molecule has 1 aliphatic rings. The van der Waals surface area contributed by atoms with E-state index in [2.05, 4.69) is 62.2 Å². The number of hydrogen-bond acceptors (Lipinski definition) is 4. The van der Waals surface area contributed by atoms with Crippen molar-refractivity contribution in [3.05, 3.63) is 70.3 Å². The lowest BCUT2D eigenvalue weighted by Crippen LogP contribution is -2.29. The molecule has 0 saturated carbocycles. The Balaban J connectivity index is 1.96. The molecule has 1 unspecified atom stereocenters. The Kier molecular flexibility index (Phi) is 7.25. The number of hydrogen-bond donors (Lipinski definition) is 0. The third-order valence-electron chi connectivity index (χ3n) is 6.92. The highest BCUT2D eigenvalue weighted by Crippen LogP contribution is 2.42. The Labute approximate surface area is 199 Å². The van der Waals surface area contributed by atoms with E-state index in [4.69, 9.17) is 4.74 Å². The number of aryl methyl sites for hydroxylation is 2. The van der Waals surface area contributed by atoms with Gasteiger partial charge < -0.3 is 8.92 Å². The SMILES string of the molecule is CCC1(/C=C/c2ccc(C(CC)(CC)c3ccc(OS(=O)(=O)C(F)(F)F)c(C)c3)cc2C)CO1. The summed E-state index contributed by atoms with van der Waals surface area (Å²) in [6, 6.07) is 11.0. The van der Waals surface area contributed by atoms with E-state index < -0.39 is 15.6 Å². The molecule has 3 rings (SSSR count). The molecule has 0 N–H and O–H groups in total. The Bertz CT molecular complexity index is 1180. The highest BCUT2D eigenvalue weighted by Gasteiger charge is 2.48. The van der Waals surface area contributed by atoms with Crippen LogP contribution < -0.4 is 4.18 Å². The minimum Gasteiger partial charge on any atom is -0.376 e. The minimum atomic E-state index is -5.72. The smallest absolute Gasteiger partial charge is 0.376 e. The number of alkyl halides is 3. The number of benzene rings is 2. The fourth-order valence-electron chi connectivity index (χ4n) is 4.35. The number of halogens is 3. The van der Waals surface area contributed by atoms with Crippen molar-refractivity contribution in [3.8, 4) is 5.75 Å². The van der Waals surface area contributed by atoms with Crippen molar-refractivity contribution in [2.75, 3.05) is 6.61 Å². The zero-order valence-corrected chi connectivity index (χ0v) is 20.9. The van der Waals surface area contributed by atoms with Crippen LogP contribution in [0, 0.1) is 13.8 Å². The van der Waals surface area contributed by atoms with Crippen LogP contribution in [-0.2, 0) is 20.3 Å². The van der Waals surface area contributed by atoms with Crippen molar-refractivity contribution in [3.63, 3.8) is 0 Å². The van der Waals surface area contributed by atoms with E-state index in [1.54, 1.807) is 19.1 Å². The van der Waals surface area contributed by atoms with Gasteiger partial charge in [-0.05, 0) is 73.1 Å². The lowest BCUT2D eigenvalue weighted by atomic mass is 9.70. The summed E-state index contributed by atoms with van der Waals surface area (Å²) in [5.41, 5.74) is -1.48. The molecule has 0 radical (unpaired) electrons. The van der Waals surface area contributed by atoms with E-state index >= 15 is 0 Å². The normalized spacial score (nSPS) is 18.9. The molecule has 1 fully saturated rings. The average molecular weight is 497 g/mol. The predicted octanol–water partition coefficient (Wildman–Crippen LogP) is 6.83. The van der Waals surface area contributed by atoms with Crippen molar-refractivity contribution in [1.29, 1.82) is 0 Å². The highest BCUT2D eigenvalue weighted by atomic mass is 32.2. The fourth-order valence-corrected chi connectivity index (χ4v) is 4.87. The molecule has 4 nitrogen and oxygen atoms in total. The van der Waals surface area contributed by atoms with Gasteiger partial charge in [0.15, 0.2) is 0 Å². The summed E-state index contributed by atoms with van der Waals surface area (Å²) < 4.78 is 71.0. The zero-order valence-electron chi connectivity index (χ0n) is 20.1. The maximum Gasteiger partial charge on any atom is 0.534 e. The van der Waals surface area contributed by atoms with E-state index in [9.17, 15) is 21.6 Å². The molecule has 2 aromatic rings. The van der Waals surface area contributed by atoms with E-state index in [-0.39, 0.29) is 16.8 Å². The predicted molar refractivity (Wildman–Crippen MR) is 127 cm³/mol. The van der Waals surface area contributed by atoms with E-state index in [0.29, 0.717) is 5.56 Å². The second kappa shape index (κ2) is 9.38. The number of epoxide rings is 1. The second-order valence-corrected chi connectivity index (χ2v) is 10.4. The molecule has 1 saturated heterocycles. The maximum absolute atomic E-state index is 12.7. The molecule has 1 aliphatic heterocycles. The molecule has 2 aromatic carbocycles. The van der Waals surface area contributed by atoms with Crippen molar-refractivity contribution in [1.82, 2.24) is 0 Å². The third kappa shape index (κ3) is 5.03. The number of rotatable bonds is 9. The summed E-state index contributed by atoms with van der Waals surface area (Å²) in [5.74, 6) is -0.328. The van der Waals surface area contributed by atoms with Gasteiger partial charge in [-0.15, -0.1) is 0 Å². The summed E-state index contributed by atoms with van der Waals surface area (Å²) in [7, 11) is -5.72. The van der Waals surface area contributed by atoms with Crippen LogP contribution in [0.1, 0.15) is 67.9 Å². The van der Waals surface area contributed by atoms with Crippen molar-refractivity contribution in [2.24, 2.45) is 0 Å². The van der Waals surface area contributed by atoms with Crippen LogP contribution in [0.15, 0.2) is 42.5 Å². The van der Waals surface area contributed by atoms with Crippen LogP contribution >= 0.6 is 0 Å². The lowest BCUT2D eigenvalue weighted by molar-refractivity contribution is -0.0500. The molecule has 186 valence electrons. The Morgan fingerprint density at radius 3 is 2.00 bits per heavy atom. The molecule has 8 heteroatoms. The first-order valence-corrected chi connectivity index (χ1v) is 12.8. The fraction of sp³-hybridized carbons (Fsp3) is 0.462. The van der Waals surface area contributed by atoms with E-state index in [1.807, 2.05) is 0 Å². The van der Waals surface area contributed by atoms with Crippen LogP contribution in [0.3, 0.4) is 0 Å². The van der Waals surface area contributed by atoms with Crippen LogP contribution in [0.2, 0.25) is 0 Å². The first-order chi connectivity index (χ1) is 15.8. The molecule has 0 amide bonds. The van der Waals surface area contributed by atoms with Gasteiger partial charge in [-0.25, -0.2) is 0 Å². The van der Waals surface area contributed by atoms with E-state index in [1.165, 1.54) is 6.07 Å². The van der Waals surface area contributed by atoms with Gasteiger partial charge in [0.25, 0.3) is 0 Å². The highest BCUT2D eigenvalue weighted by molar-refractivity contribution is 7.88. The monoisotopic (exact) mass is 496 g/mol. The molecule has 1 heterocycles. The largest absolute Gasteiger partial charge is 0.534 e. The van der Waals surface area contributed by atoms with E-state index in [0.717, 1.165) is 48.1 Å². The molecular weight excluding hydrogens is 465 g/mol. The van der Waals surface area contributed by atoms with Crippen LogP contribution in [-0.4, -0.2) is 26.1 Å². The first-order valence-electron chi connectivity index (χ1n) is 11.4. The van der Waals surface area contributed by atoms with Crippen LogP contribution in [0.4, 0.5) is 13.2 Å². The lowest BCUT2D eigenvalue weighted by Gasteiger charge is -2.34. The standard InChI is InChI=1S/C26H31F3O4S/c1-6-24(17-32-24)14-13-20-9-10-21(15-18(20)4)25(7-2,8-3)22-11-12-23(19(5)16-22)33-34(30,31)26(27,28)29/h9-16H,6-8,17H2,1-5H3/b14-13+. The van der Waals surface area contributed by atoms with Crippen molar-refractivity contribution in [2.45, 2.75) is 70.4 Å². The summed E-state index contributed by atoms with van der Waals surface area (Å²) in [6.07, 6.45) is 6.64. The Morgan fingerprint density at radius 2 is 1.56 bits per heavy atom. The molecule has 0 aromatic heterocycles. The number of ether oxygens (including phenoxy) is 1. The molecule has 0 bridgehead atoms. The Hall–Kier alpha value is -2.32. The summed E-state index contributed by atoms with van der Waals surface area (Å²) >= 11 is 0. The average Bonchev–Trinajstić information content (AvgIpc) is 3.56. The molecule has 34 heavy (non-hydrogen) atoms. The van der Waals surface area contributed by atoms with Gasteiger partial charge in [0.1, 0.15) is 11.4 Å². The summed E-state index contributed by atoms with van der Waals surface area (Å²) in [5, 5.41) is 0. The minimum absolute atomic E-state index is 0.136. The summed E-state index contributed by atoms with van der Waals surface area (Å²) in [6.45, 7) is 10.6. The van der Waals surface area contributed by atoms with Crippen molar-refractivity contribution < 1.29 is 30.5 Å². The quantitative estimate of drug-likeness (QED) is 0.217. The Morgan fingerprint density at radius 1 is 1.00 bits per heavy atom. The molecule has 0 spiro atoms. The van der Waals surface area contributed by atoms with Gasteiger partial charge >= 0.3 is 15.6 Å². The third-order valence-corrected chi connectivity index (χ3v) is 7.89. The van der Waals surface area contributed by atoms with Crippen LogP contribution in [0.25, 0.3) is 6.08 Å². The van der Waals surface area contributed by atoms with Gasteiger partial charge in [0.2, 0.25) is 0 Å². The molecule has 0 aliphatic carbocycles. The maximum atomic E-state index is 12.7. The van der Waals surface area contributed by atoms with Gasteiger partial charge in [0, 0.05) is 5.41 Å². The molecule has 1 atom stereocenters. The van der Waals surface area contributed by atoms with Gasteiger partial charge in [-0.2, -0.15) is 21.6 Å². The van der Waals surface area contributed by atoms with Gasteiger partial charge in [0.05, 0.1) is 6.61 Å². The topological polar surface area (TPSA) is 55.9 Å². The van der Waals surface area contributed by atoms with Crippen molar-refractivity contribution >= 4 is 16.2 Å². The molecular formula is C26H31F3O4S. The van der Waals surface area contributed by atoms with Gasteiger partial charge in [-0.1, -0.05) is 57.2 Å². The van der Waals surface area contributed by atoms with Gasteiger partial charge in [-0.3, -0.25) is 0 Å². The second-order valence-electron chi connectivity index (χ2n) is 8.86. The zero-order chi connectivity index (χ0) is 25.4. The first kappa shape index (κ1) is 26.3. The summed E-state index contributed by atoms with van der Waals surface area (Å²) in [4.78, 5) is 0.